The predicted octanol–water partition coefficient (Wildman–Crippen LogP) is 6.57. The van der Waals surface area contributed by atoms with E-state index in [0.717, 1.165) is 15.5 Å². The second-order valence-corrected chi connectivity index (χ2v) is 8.11. The SMILES string of the molecule is O=C(Nc1cc(-c2nc3ccccc3[nH]2)ccc1F)c1ccc(Oc2cccc(Br)c2)nc1. The Hall–Kier alpha value is -4.04. The zero-order valence-corrected chi connectivity index (χ0v) is 18.6. The van der Waals surface area contributed by atoms with Gasteiger partial charge >= 0.3 is 0 Å². The van der Waals surface area contributed by atoms with E-state index in [9.17, 15) is 9.18 Å². The number of hydrogen-bond acceptors (Lipinski definition) is 4. The zero-order chi connectivity index (χ0) is 22.8. The van der Waals surface area contributed by atoms with Crippen LogP contribution in [0.3, 0.4) is 0 Å². The molecule has 0 atom stereocenters. The molecule has 1 amide bonds. The Labute approximate surface area is 196 Å². The lowest BCUT2D eigenvalue weighted by molar-refractivity contribution is 0.102. The molecule has 0 aliphatic rings. The number of benzene rings is 3. The van der Waals surface area contributed by atoms with Crippen molar-refractivity contribution in [3.8, 4) is 23.0 Å². The number of nitrogens with one attached hydrogen (secondary N) is 2. The van der Waals surface area contributed by atoms with Crippen molar-refractivity contribution in [3.05, 3.63) is 101 Å². The van der Waals surface area contributed by atoms with Gasteiger partial charge < -0.3 is 15.0 Å². The number of amides is 1. The molecule has 0 radical (unpaired) electrons. The van der Waals surface area contributed by atoms with Gasteiger partial charge in [0, 0.05) is 22.3 Å². The molecule has 0 aliphatic heterocycles. The van der Waals surface area contributed by atoms with Gasteiger partial charge in [0.15, 0.2) is 0 Å². The molecule has 2 aromatic heterocycles. The van der Waals surface area contributed by atoms with Crippen LogP contribution in [0.25, 0.3) is 22.4 Å². The number of para-hydroxylation sites is 2. The van der Waals surface area contributed by atoms with E-state index in [2.05, 4.69) is 36.2 Å². The van der Waals surface area contributed by atoms with E-state index in [1.165, 1.54) is 12.3 Å². The van der Waals surface area contributed by atoms with E-state index in [1.807, 2.05) is 36.4 Å². The number of fused-ring (bicyclic) bond motifs is 1. The average Bonchev–Trinajstić information content (AvgIpc) is 3.25. The minimum Gasteiger partial charge on any atom is -0.439 e. The molecule has 2 N–H and O–H groups in total. The number of H-pyrrole nitrogens is 1. The summed E-state index contributed by atoms with van der Waals surface area (Å²) in [5, 5.41) is 2.60. The number of anilines is 1. The second kappa shape index (κ2) is 8.84. The Morgan fingerprint density at radius 2 is 1.88 bits per heavy atom. The minimum atomic E-state index is -0.550. The molecule has 6 nitrogen and oxygen atoms in total. The molecule has 162 valence electrons. The first-order chi connectivity index (χ1) is 16.0. The van der Waals surface area contributed by atoms with Crippen LogP contribution < -0.4 is 10.1 Å². The molecule has 0 fully saturated rings. The number of ether oxygens (including phenoxy) is 1. The maximum atomic E-state index is 14.4. The highest BCUT2D eigenvalue weighted by Crippen LogP contribution is 2.26. The number of aromatic nitrogens is 3. The Balaban J connectivity index is 1.33. The Morgan fingerprint density at radius 1 is 1.00 bits per heavy atom. The molecule has 0 saturated carbocycles. The van der Waals surface area contributed by atoms with Crippen molar-refractivity contribution in [3.63, 3.8) is 0 Å². The fourth-order valence-corrected chi connectivity index (χ4v) is 3.66. The van der Waals surface area contributed by atoms with Crippen LogP contribution in [0.2, 0.25) is 0 Å². The molecule has 3 aromatic carbocycles. The third-order valence-electron chi connectivity index (χ3n) is 4.89. The molecule has 0 spiro atoms. The van der Waals surface area contributed by atoms with Gasteiger partial charge in [-0.25, -0.2) is 14.4 Å². The van der Waals surface area contributed by atoms with Gasteiger partial charge in [0.25, 0.3) is 5.91 Å². The van der Waals surface area contributed by atoms with E-state index in [-0.39, 0.29) is 11.3 Å². The van der Waals surface area contributed by atoms with Crippen LogP contribution >= 0.6 is 15.9 Å². The largest absolute Gasteiger partial charge is 0.439 e. The number of aromatic amines is 1. The molecule has 2 heterocycles. The van der Waals surface area contributed by atoms with Crippen molar-refractivity contribution in [2.45, 2.75) is 0 Å². The molecule has 0 aliphatic carbocycles. The molecular weight excluding hydrogens is 487 g/mol. The standard InChI is InChI=1S/C25H16BrFN4O2/c26-17-4-3-5-18(13-17)33-23-11-9-16(14-28-23)25(32)31-22-12-15(8-10-19(22)27)24-29-20-6-1-2-7-21(20)30-24/h1-14H,(H,29,30)(H,31,32). The molecule has 33 heavy (non-hydrogen) atoms. The average molecular weight is 503 g/mol. The first-order valence-corrected chi connectivity index (χ1v) is 10.8. The summed E-state index contributed by atoms with van der Waals surface area (Å²) in [4.78, 5) is 24.6. The van der Waals surface area contributed by atoms with Crippen LogP contribution in [0, 0.1) is 5.82 Å². The van der Waals surface area contributed by atoms with Crippen LogP contribution in [0.1, 0.15) is 10.4 Å². The van der Waals surface area contributed by atoms with Crippen molar-refractivity contribution in [2.75, 3.05) is 5.32 Å². The molecule has 0 bridgehead atoms. The Kier molecular flexibility index (Phi) is 5.58. The molecular formula is C25H16BrFN4O2. The maximum absolute atomic E-state index is 14.4. The molecule has 5 rings (SSSR count). The smallest absolute Gasteiger partial charge is 0.257 e. The summed E-state index contributed by atoms with van der Waals surface area (Å²) in [5.41, 5.74) is 2.65. The summed E-state index contributed by atoms with van der Waals surface area (Å²) in [6.45, 7) is 0. The summed E-state index contributed by atoms with van der Waals surface area (Å²) in [6, 6.07) is 22.5. The van der Waals surface area contributed by atoms with Crippen molar-refractivity contribution in [1.82, 2.24) is 15.0 Å². The van der Waals surface area contributed by atoms with Gasteiger partial charge in [-0.3, -0.25) is 4.79 Å². The molecule has 8 heteroatoms. The van der Waals surface area contributed by atoms with Crippen molar-refractivity contribution < 1.29 is 13.9 Å². The number of rotatable bonds is 5. The third-order valence-corrected chi connectivity index (χ3v) is 5.39. The predicted molar refractivity (Wildman–Crippen MR) is 128 cm³/mol. The normalized spacial score (nSPS) is 10.8. The van der Waals surface area contributed by atoms with E-state index in [0.29, 0.717) is 23.0 Å². The van der Waals surface area contributed by atoms with E-state index in [1.54, 1.807) is 36.4 Å². The lowest BCUT2D eigenvalue weighted by Gasteiger charge is -2.09. The molecule has 5 aromatic rings. The maximum Gasteiger partial charge on any atom is 0.257 e. The van der Waals surface area contributed by atoms with Crippen molar-refractivity contribution >= 4 is 38.6 Å². The number of imidazole rings is 1. The summed E-state index contributed by atoms with van der Waals surface area (Å²) >= 11 is 3.38. The van der Waals surface area contributed by atoms with E-state index < -0.39 is 11.7 Å². The minimum absolute atomic E-state index is 0.0485. The molecule has 0 saturated heterocycles. The summed E-state index contributed by atoms with van der Waals surface area (Å²) in [6.07, 6.45) is 1.38. The number of halogens is 2. The lowest BCUT2D eigenvalue weighted by Crippen LogP contribution is -2.13. The van der Waals surface area contributed by atoms with Crippen LogP contribution in [-0.4, -0.2) is 20.9 Å². The summed E-state index contributed by atoms with van der Waals surface area (Å²) in [7, 11) is 0. The van der Waals surface area contributed by atoms with E-state index in [4.69, 9.17) is 4.74 Å². The number of carbonyl (C=O) groups excluding carboxylic acids is 1. The fourth-order valence-electron chi connectivity index (χ4n) is 3.28. The summed E-state index contributed by atoms with van der Waals surface area (Å²) < 4.78 is 21.0. The highest BCUT2D eigenvalue weighted by molar-refractivity contribution is 9.10. The second-order valence-electron chi connectivity index (χ2n) is 7.20. The monoisotopic (exact) mass is 502 g/mol. The quantitative estimate of drug-likeness (QED) is 0.284. The Morgan fingerprint density at radius 3 is 2.67 bits per heavy atom. The van der Waals surface area contributed by atoms with Crippen molar-refractivity contribution in [2.24, 2.45) is 0 Å². The lowest BCUT2D eigenvalue weighted by atomic mass is 10.1. The van der Waals surface area contributed by atoms with Gasteiger partial charge in [0.05, 0.1) is 22.3 Å². The first-order valence-electron chi connectivity index (χ1n) is 10.0. The van der Waals surface area contributed by atoms with Crippen LogP contribution in [0.5, 0.6) is 11.6 Å². The Bertz CT molecular complexity index is 1430. The number of hydrogen-bond donors (Lipinski definition) is 2. The van der Waals surface area contributed by atoms with Crippen LogP contribution in [-0.2, 0) is 0 Å². The number of pyridine rings is 1. The highest BCUT2D eigenvalue weighted by atomic mass is 79.9. The first kappa shape index (κ1) is 20.8. The number of nitrogens with zero attached hydrogens (tertiary/aromatic N) is 2. The topological polar surface area (TPSA) is 79.9 Å². The van der Waals surface area contributed by atoms with Gasteiger partial charge in [0.2, 0.25) is 5.88 Å². The van der Waals surface area contributed by atoms with Gasteiger partial charge in [-0.1, -0.05) is 34.1 Å². The van der Waals surface area contributed by atoms with Crippen LogP contribution in [0.4, 0.5) is 10.1 Å². The zero-order valence-electron chi connectivity index (χ0n) is 17.0. The molecule has 0 unspecified atom stereocenters. The van der Waals surface area contributed by atoms with E-state index >= 15 is 0 Å². The van der Waals surface area contributed by atoms with Crippen LogP contribution in [0.15, 0.2) is 89.5 Å². The van der Waals surface area contributed by atoms with Gasteiger partial charge in [-0.05, 0) is 54.6 Å². The number of carbonyl (C=O) groups is 1. The summed E-state index contributed by atoms with van der Waals surface area (Å²) in [5.74, 6) is 0.492. The fraction of sp³-hybridized carbons (Fsp3) is 0. The van der Waals surface area contributed by atoms with Crippen molar-refractivity contribution in [1.29, 1.82) is 0 Å². The highest BCUT2D eigenvalue weighted by Gasteiger charge is 2.13. The van der Waals surface area contributed by atoms with Gasteiger partial charge in [0.1, 0.15) is 17.4 Å². The van der Waals surface area contributed by atoms with Gasteiger partial charge in [-0.2, -0.15) is 0 Å². The third kappa shape index (κ3) is 4.61. The van der Waals surface area contributed by atoms with Gasteiger partial charge in [-0.15, -0.1) is 0 Å².